The van der Waals surface area contributed by atoms with E-state index in [-0.39, 0.29) is 0 Å². The molecule has 1 N–H and O–H groups in total. The van der Waals surface area contributed by atoms with Crippen molar-refractivity contribution in [1.29, 1.82) is 0 Å². The van der Waals surface area contributed by atoms with Crippen molar-refractivity contribution in [3.05, 3.63) is 83.5 Å². The third kappa shape index (κ3) is 6.55. The average molecular weight is 428 g/mol. The number of terminal acetylenes is 1. The van der Waals surface area contributed by atoms with E-state index in [1.165, 1.54) is 48.9 Å². The topological polar surface area (TPSA) is 59.4 Å². The van der Waals surface area contributed by atoms with Gasteiger partial charge in [0.2, 0.25) is 0 Å². The quantitative estimate of drug-likeness (QED) is 0.480. The van der Waals surface area contributed by atoms with Crippen molar-refractivity contribution in [3.63, 3.8) is 0 Å². The minimum atomic E-state index is 0.840. The summed E-state index contributed by atoms with van der Waals surface area (Å²) in [6.07, 6.45) is 30.9. The van der Waals surface area contributed by atoms with Crippen molar-refractivity contribution in [1.82, 2.24) is 25.2 Å². The number of hydrogen-bond acceptors (Lipinski definition) is 3. The molecule has 4 rings (SSSR count). The lowest BCUT2D eigenvalue weighted by Crippen LogP contribution is -2.15. The zero-order chi connectivity index (χ0) is 22.6. The Morgan fingerprint density at radius 2 is 2.28 bits per heavy atom. The third-order valence-corrected chi connectivity index (χ3v) is 6.01. The van der Waals surface area contributed by atoms with Crippen LogP contribution in [0.4, 0.5) is 0 Å². The van der Waals surface area contributed by atoms with E-state index >= 15 is 0 Å². The van der Waals surface area contributed by atoms with Crippen molar-refractivity contribution in [2.24, 2.45) is 5.92 Å². The Bertz CT molecular complexity index is 1020. The maximum atomic E-state index is 5.30. The van der Waals surface area contributed by atoms with Gasteiger partial charge < -0.3 is 4.57 Å². The molecule has 2 aromatic heterocycles. The lowest BCUT2D eigenvalue weighted by Gasteiger charge is -2.23. The van der Waals surface area contributed by atoms with Crippen molar-refractivity contribution in [2.45, 2.75) is 58.9 Å². The van der Waals surface area contributed by atoms with E-state index in [0.29, 0.717) is 0 Å². The van der Waals surface area contributed by atoms with Crippen LogP contribution >= 0.6 is 0 Å². The number of tetrazole rings is 1. The number of H-pyrrole nitrogens is 1. The van der Waals surface area contributed by atoms with Gasteiger partial charge in [0.25, 0.3) is 0 Å². The molecule has 0 aromatic carbocycles. The van der Waals surface area contributed by atoms with Crippen LogP contribution in [-0.4, -0.2) is 25.2 Å². The molecule has 0 fully saturated rings. The van der Waals surface area contributed by atoms with Crippen LogP contribution in [0.5, 0.6) is 0 Å². The van der Waals surface area contributed by atoms with E-state index in [0.717, 1.165) is 25.3 Å². The molecule has 0 aliphatic heterocycles. The molecule has 2 aliphatic carbocycles. The Morgan fingerprint density at radius 1 is 1.38 bits per heavy atom. The number of hydrogen-bond donors (Lipinski definition) is 1. The fourth-order valence-electron chi connectivity index (χ4n) is 4.21. The van der Waals surface area contributed by atoms with Crippen LogP contribution in [0.1, 0.15) is 56.5 Å². The van der Waals surface area contributed by atoms with Gasteiger partial charge in [-0.25, -0.2) is 0 Å². The van der Waals surface area contributed by atoms with Crippen molar-refractivity contribution < 1.29 is 0 Å². The highest BCUT2D eigenvalue weighted by Gasteiger charge is 2.23. The van der Waals surface area contributed by atoms with E-state index in [2.05, 4.69) is 93.6 Å². The van der Waals surface area contributed by atoms with Gasteiger partial charge in [-0.3, -0.25) is 0 Å². The van der Waals surface area contributed by atoms with Crippen LogP contribution in [0.15, 0.2) is 66.6 Å². The van der Waals surface area contributed by atoms with E-state index in [1.807, 2.05) is 0 Å². The van der Waals surface area contributed by atoms with E-state index in [1.54, 1.807) is 17.3 Å². The van der Waals surface area contributed by atoms with Gasteiger partial charge in [-0.2, -0.15) is 5.21 Å². The molecule has 2 aliphatic rings. The molecule has 0 saturated heterocycles. The third-order valence-electron chi connectivity index (χ3n) is 6.01. The van der Waals surface area contributed by atoms with Crippen LogP contribution in [0.3, 0.4) is 0 Å². The normalized spacial score (nSPS) is 17.8. The average Bonchev–Trinajstić information content (AvgIpc) is 3.43. The summed E-state index contributed by atoms with van der Waals surface area (Å²) < 4.78 is 2.55. The van der Waals surface area contributed by atoms with Gasteiger partial charge >= 0.3 is 0 Å². The van der Waals surface area contributed by atoms with Crippen molar-refractivity contribution >= 4 is 5.57 Å². The minimum Gasteiger partial charge on any atom is -0.341 e. The summed E-state index contributed by atoms with van der Waals surface area (Å²) in [5.74, 6) is 3.41. The van der Waals surface area contributed by atoms with Crippen LogP contribution in [0.25, 0.3) is 5.57 Å². The van der Waals surface area contributed by atoms with E-state index in [9.17, 15) is 0 Å². The van der Waals surface area contributed by atoms with Gasteiger partial charge in [0.15, 0.2) is 6.33 Å². The summed E-state index contributed by atoms with van der Waals surface area (Å²) in [5, 5.41) is 12.2. The SMILES string of the molecule is C#C/C=C\C/C(C)=C\Cn1c(C2=CCC=CC=C2)cc2c1CCC(CC)C2.c1nn[nH]n1. The number of rotatable bonds is 6. The van der Waals surface area contributed by atoms with Crippen molar-refractivity contribution in [3.8, 4) is 12.3 Å². The lowest BCUT2D eigenvalue weighted by atomic mass is 9.86. The summed E-state index contributed by atoms with van der Waals surface area (Å²) >= 11 is 0. The van der Waals surface area contributed by atoms with Gasteiger partial charge in [-0.1, -0.05) is 72.6 Å². The molecule has 166 valence electrons. The van der Waals surface area contributed by atoms with Gasteiger partial charge in [-0.15, -0.1) is 16.6 Å². The van der Waals surface area contributed by atoms with Gasteiger partial charge in [0.05, 0.1) is 0 Å². The molecular weight excluding hydrogens is 394 g/mol. The monoisotopic (exact) mass is 427 g/mol. The lowest BCUT2D eigenvalue weighted by molar-refractivity contribution is 0.436. The molecule has 32 heavy (non-hydrogen) atoms. The summed E-state index contributed by atoms with van der Waals surface area (Å²) in [6.45, 7) is 5.46. The van der Waals surface area contributed by atoms with E-state index in [4.69, 9.17) is 6.42 Å². The highest BCUT2D eigenvalue weighted by molar-refractivity contribution is 5.74. The maximum absolute atomic E-state index is 5.30. The Balaban J connectivity index is 0.000000509. The zero-order valence-corrected chi connectivity index (χ0v) is 19.2. The first kappa shape index (κ1) is 23.3. The summed E-state index contributed by atoms with van der Waals surface area (Å²) in [4.78, 5) is 0. The standard InChI is InChI=1S/C26H31N.CH2N4/c1-4-6-9-12-21(3)17-18-27-25-16-15-22(5-2)19-24(25)20-26(27)23-13-10-7-8-11-14-23;1-2-4-5-3-1/h1,6-10,13-14,17,20,22H,5,11-12,15-16,18-19H2,2-3H3;1H,(H,2,3,4,5)/b9-6-,21-17-;. The maximum Gasteiger partial charge on any atom is 0.161 e. The number of nitrogens with zero attached hydrogens (tertiary/aromatic N) is 4. The molecular formula is C27H33N5. The van der Waals surface area contributed by atoms with Crippen LogP contribution < -0.4 is 0 Å². The number of fused-ring (bicyclic) bond motifs is 1. The van der Waals surface area contributed by atoms with Crippen LogP contribution in [0.2, 0.25) is 0 Å². The van der Waals surface area contributed by atoms with Crippen molar-refractivity contribution in [2.75, 3.05) is 0 Å². The Hall–Kier alpha value is -3.39. The van der Waals surface area contributed by atoms with Crippen LogP contribution in [0, 0.1) is 18.3 Å². The van der Waals surface area contributed by atoms with E-state index < -0.39 is 0 Å². The molecule has 5 nitrogen and oxygen atoms in total. The molecule has 2 heterocycles. The summed E-state index contributed by atoms with van der Waals surface area (Å²) in [5.41, 5.74) is 7.20. The molecule has 1 atom stereocenters. The first-order valence-electron chi connectivity index (χ1n) is 11.4. The highest BCUT2D eigenvalue weighted by atomic mass is 15.5. The number of nitrogens with one attached hydrogen (secondary N) is 1. The first-order valence-corrected chi connectivity index (χ1v) is 11.4. The largest absolute Gasteiger partial charge is 0.341 e. The predicted octanol–water partition coefficient (Wildman–Crippen LogP) is 5.63. The molecule has 0 radical (unpaired) electrons. The van der Waals surface area contributed by atoms with Gasteiger partial charge in [-0.05, 0) is 68.2 Å². The molecule has 5 heteroatoms. The van der Waals surface area contributed by atoms with Gasteiger partial charge in [0, 0.05) is 17.9 Å². The number of aromatic nitrogens is 5. The highest BCUT2D eigenvalue weighted by Crippen LogP contribution is 2.33. The molecule has 2 aromatic rings. The zero-order valence-electron chi connectivity index (χ0n) is 19.2. The molecule has 0 amide bonds. The second-order valence-corrected chi connectivity index (χ2v) is 8.20. The molecule has 1 unspecified atom stereocenters. The number of aromatic amines is 1. The Morgan fingerprint density at radius 3 is 3.00 bits per heavy atom. The fraction of sp³-hybridized carbons (Fsp3) is 0.370. The Kier molecular flexibility index (Phi) is 9.06. The smallest absolute Gasteiger partial charge is 0.161 e. The second kappa shape index (κ2) is 12.5. The molecule has 0 bridgehead atoms. The predicted molar refractivity (Wildman–Crippen MR) is 132 cm³/mol. The minimum absolute atomic E-state index is 0.840. The van der Waals surface area contributed by atoms with Gasteiger partial charge in [0.1, 0.15) is 0 Å². The first-order chi connectivity index (χ1) is 15.7. The molecule has 0 spiro atoms. The summed E-state index contributed by atoms with van der Waals surface area (Å²) in [7, 11) is 0. The number of allylic oxidation sites excluding steroid dienone is 10. The Labute approximate surface area is 191 Å². The second-order valence-electron chi connectivity index (χ2n) is 8.20. The van der Waals surface area contributed by atoms with Crippen LogP contribution in [-0.2, 0) is 19.4 Å². The summed E-state index contributed by atoms with van der Waals surface area (Å²) in [6, 6.07) is 2.46. The fourth-order valence-corrected chi connectivity index (χ4v) is 4.21. The molecule has 0 saturated carbocycles.